The van der Waals surface area contributed by atoms with Gasteiger partial charge in [0.1, 0.15) is 0 Å². The molecule has 2 heterocycles. The Morgan fingerprint density at radius 1 is 1.12 bits per heavy atom. The second-order valence-electron chi connectivity index (χ2n) is 5.23. The lowest BCUT2D eigenvalue weighted by molar-refractivity contribution is -0.125. The zero-order valence-electron chi connectivity index (χ0n) is 9.96. The molecule has 3 heteroatoms. The van der Waals surface area contributed by atoms with E-state index in [2.05, 4.69) is 29.2 Å². The topological polar surface area (TPSA) is 32.7 Å². The van der Waals surface area contributed by atoms with Gasteiger partial charge in [0, 0.05) is 31.5 Å². The van der Waals surface area contributed by atoms with Crippen molar-refractivity contribution in [2.75, 3.05) is 26.3 Å². The summed E-state index contributed by atoms with van der Waals surface area (Å²) in [7, 11) is 0. The Labute approximate surface area is 102 Å². The van der Waals surface area contributed by atoms with E-state index in [1.807, 2.05) is 6.07 Å². The van der Waals surface area contributed by atoms with Gasteiger partial charge >= 0.3 is 0 Å². The number of rotatable bonds is 2. The predicted molar refractivity (Wildman–Crippen MR) is 65.5 cm³/mol. The van der Waals surface area contributed by atoms with Crippen LogP contribution in [0.5, 0.6) is 0 Å². The molecule has 1 aromatic carbocycles. The second-order valence-corrected chi connectivity index (χ2v) is 5.23. The summed E-state index contributed by atoms with van der Waals surface area (Å²) in [5.74, 6) is 0.595. The summed E-state index contributed by atoms with van der Waals surface area (Å²) in [6.07, 6.45) is -0.157. The van der Waals surface area contributed by atoms with Gasteiger partial charge in [0.05, 0.1) is 19.3 Å². The molecule has 0 saturated carbocycles. The van der Waals surface area contributed by atoms with Crippen molar-refractivity contribution in [1.82, 2.24) is 4.90 Å². The molecule has 0 aromatic heterocycles. The molecule has 0 spiro atoms. The number of aliphatic hydroxyl groups excluding tert-OH is 1. The number of aliphatic hydroxyl groups is 1. The third-order valence-corrected chi connectivity index (χ3v) is 3.86. The number of hydrogen-bond acceptors (Lipinski definition) is 3. The van der Waals surface area contributed by atoms with E-state index in [1.165, 1.54) is 5.56 Å². The molecule has 0 aliphatic carbocycles. The van der Waals surface area contributed by atoms with Gasteiger partial charge in [-0.1, -0.05) is 30.3 Å². The van der Waals surface area contributed by atoms with Gasteiger partial charge in [0.25, 0.3) is 0 Å². The first kappa shape index (κ1) is 11.2. The maximum atomic E-state index is 10.1. The summed E-state index contributed by atoms with van der Waals surface area (Å²) >= 11 is 0. The molecule has 2 bridgehead atoms. The molecule has 92 valence electrons. The van der Waals surface area contributed by atoms with Gasteiger partial charge in [-0.25, -0.2) is 0 Å². The zero-order chi connectivity index (χ0) is 11.7. The molecule has 1 aromatic rings. The molecule has 2 aliphatic rings. The molecule has 0 unspecified atom stereocenters. The highest BCUT2D eigenvalue weighted by Gasteiger charge is 2.38. The normalized spacial score (nSPS) is 33.6. The van der Waals surface area contributed by atoms with E-state index < -0.39 is 0 Å². The number of hydrogen-bond donors (Lipinski definition) is 1. The van der Waals surface area contributed by atoms with Crippen LogP contribution in [0.2, 0.25) is 0 Å². The van der Waals surface area contributed by atoms with Crippen LogP contribution in [0, 0.1) is 11.8 Å². The Morgan fingerprint density at radius 3 is 2.41 bits per heavy atom. The fourth-order valence-corrected chi connectivity index (χ4v) is 2.98. The van der Waals surface area contributed by atoms with E-state index in [0.29, 0.717) is 25.0 Å². The van der Waals surface area contributed by atoms with Crippen LogP contribution in [0.3, 0.4) is 0 Å². The molecule has 0 amide bonds. The average molecular weight is 233 g/mol. The Kier molecular flexibility index (Phi) is 3.14. The van der Waals surface area contributed by atoms with E-state index in [4.69, 9.17) is 4.74 Å². The summed E-state index contributed by atoms with van der Waals surface area (Å²) in [6, 6.07) is 10.5. The quantitative estimate of drug-likeness (QED) is 0.831. The van der Waals surface area contributed by atoms with Crippen molar-refractivity contribution >= 4 is 0 Å². The molecular weight excluding hydrogens is 214 g/mol. The first-order valence-electron chi connectivity index (χ1n) is 6.35. The molecular formula is C14H19NO2. The Morgan fingerprint density at radius 2 is 1.76 bits per heavy atom. The van der Waals surface area contributed by atoms with Crippen LogP contribution in [0.15, 0.2) is 30.3 Å². The van der Waals surface area contributed by atoms with Crippen molar-refractivity contribution in [3.05, 3.63) is 35.9 Å². The largest absolute Gasteiger partial charge is 0.392 e. The van der Waals surface area contributed by atoms with E-state index >= 15 is 0 Å². The van der Waals surface area contributed by atoms with Gasteiger partial charge in [-0.3, -0.25) is 4.90 Å². The lowest BCUT2D eigenvalue weighted by Crippen LogP contribution is -2.54. The van der Waals surface area contributed by atoms with E-state index in [1.54, 1.807) is 0 Å². The Hall–Kier alpha value is -0.900. The summed E-state index contributed by atoms with van der Waals surface area (Å²) in [6.45, 7) is 4.31. The van der Waals surface area contributed by atoms with Crippen LogP contribution in [0.25, 0.3) is 0 Å². The maximum Gasteiger partial charge on any atom is 0.0665 e. The average Bonchev–Trinajstić information content (AvgIpc) is 2.32. The molecule has 2 atom stereocenters. The van der Waals surface area contributed by atoms with Gasteiger partial charge in [-0.15, -0.1) is 0 Å². The SMILES string of the molecule is OC1[C@H]2COC[C@H]1CN(Cc1ccccc1)C2. The summed E-state index contributed by atoms with van der Waals surface area (Å²) in [5.41, 5.74) is 1.35. The Balaban J connectivity index is 1.66. The highest BCUT2D eigenvalue weighted by Crippen LogP contribution is 2.28. The standard InChI is InChI=1S/C14H19NO2/c16-14-12-7-15(8-13(14)10-17-9-12)6-11-4-2-1-3-5-11/h1-5,12-14,16H,6-10H2/t12-,13-/m1/s1. The fraction of sp³-hybridized carbons (Fsp3) is 0.571. The molecule has 3 rings (SSSR count). The zero-order valence-corrected chi connectivity index (χ0v) is 9.96. The molecule has 1 N–H and O–H groups in total. The lowest BCUT2D eigenvalue weighted by Gasteiger charge is -2.44. The summed E-state index contributed by atoms with van der Waals surface area (Å²) in [5, 5.41) is 10.1. The number of nitrogens with zero attached hydrogens (tertiary/aromatic N) is 1. The first-order valence-corrected chi connectivity index (χ1v) is 6.35. The monoisotopic (exact) mass is 233 g/mol. The highest BCUT2D eigenvalue weighted by atomic mass is 16.5. The third kappa shape index (κ3) is 2.37. The summed E-state index contributed by atoms with van der Waals surface area (Å²) < 4.78 is 5.52. The van der Waals surface area contributed by atoms with Crippen molar-refractivity contribution in [2.45, 2.75) is 12.6 Å². The highest BCUT2D eigenvalue weighted by molar-refractivity contribution is 5.14. The lowest BCUT2D eigenvalue weighted by atomic mass is 9.84. The van der Waals surface area contributed by atoms with Crippen molar-refractivity contribution in [2.24, 2.45) is 11.8 Å². The van der Waals surface area contributed by atoms with Gasteiger partial charge in [-0.2, -0.15) is 0 Å². The van der Waals surface area contributed by atoms with Crippen molar-refractivity contribution in [1.29, 1.82) is 0 Å². The second kappa shape index (κ2) is 4.77. The van der Waals surface area contributed by atoms with Crippen LogP contribution in [0.1, 0.15) is 5.56 Å². The third-order valence-electron chi connectivity index (χ3n) is 3.86. The number of benzene rings is 1. The van der Waals surface area contributed by atoms with Crippen LogP contribution < -0.4 is 0 Å². The predicted octanol–water partition coefficient (Wildman–Crippen LogP) is 1.13. The molecule has 2 fully saturated rings. The molecule has 3 nitrogen and oxygen atoms in total. The van der Waals surface area contributed by atoms with E-state index in [-0.39, 0.29) is 6.10 Å². The van der Waals surface area contributed by atoms with Gasteiger partial charge in [0.15, 0.2) is 0 Å². The molecule has 2 saturated heterocycles. The first-order chi connectivity index (χ1) is 8.33. The van der Waals surface area contributed by atoms with Gasteiger partial charge < -0.3 is 9.84 Å². The van der Waals surface area contributed by atoms with Crippen molar-refractivity contribution in [3.63, 3.8) is 0 Å². The minimum Gasteiger partial charge on any atom is -0.392 e. The minimum absolute atomic E-state index is 0.157. The number of fused-ring (bicyclic) bond motifs is 2. The van der Waals surface area contributed by atoms with Crippen molar-refractivity contribution < 1.29 is 9.84 Å². The van der Waals surface area contributed by atoms with Crippen LogP contribution in [-0.2, 0) is 11.3 Å². The fourth-order valence-electron chi connectivity index (χ4n) is 2.98. The molecule has 2 aliphatic heterocycles. The van der Waals surface area contributed by atoms with Gasteiger partial charge in [0.2, 0.25) is 0 Å². The Bertz CT molecular complexity index is 354. The van der Waals surface area contributed by atoms with Crippen LogP contribution in [0.4, 0.5) is 0 Å². The molecule has 17 heavy (non-hydrogen) atoms. The smallest absolute Gasteiger partial charge is 0.0665 e. The number of ether oxygens (including phenoxy) is 1. The van der Waals surface area contributed by atoms with Gasteiger partial charge in [-0.05, 0) is 5.56 Å². The van der Waals surface area contributed by atoms with Crippen LogP contribution in [-0.4, -0.2) is 42.4 Å². The van der Waals surface area contributed by atoms with Crippen LogP contribution >= 0.6 is 0 Å². The van der Waals surface area contributed by atoms with E-state index in [0.717, 1.165) is 19.6 Å². The number of piperidine rings is 1. The minimum atomic E-state index is -0.157. The molecule has 0 radical (unpaired) electrons. The maximum absolute atomic E-state index is 10.1. The van der Waals surface area contributed by atoms with E-state index in [9.17, 15) is 5.11 Å². The van der Waals surface area contributed by atoms with Crippen molar-refractivity contribution in [3.8, 4) is 0 Å². The summed E-state index contributed by atoms with van der Waals surface area (Å²) in [4.78, 5) is 2.44. The number of likely N-dealkylation sites (tertiary alicyclic amines) is 1.